The molecule has 2 aromatic rings. The summed E-state index contributed by atoms with van der Waals surface area (Å²) in [6, 6.07) is 13.0. The molecule has 0 aliphatic heterocycles. The zero-order valence-corrected chi connectivity index (χ0v) is 15.2. The summed E-state index contributed by atoms with van der Waals surface area (Å²) in [6.07, 6.45) is -0.563. The van der Waals surface area contributed by atoms with Crippen LogP contribution in [0.2, 0.25) is 5.02 Å². The van der Waals surface area contributed by atoms with Crippen LogP contribution in [0.25, 0.3) is 0 Å². The first kappa shape index (κ1) is 19.9. The van der Waals surface area contributed by atoms with E-state index in [1.165, 1.54) is 6.07 Å². The highest BCUT2D eigenvalue weighted by Crippen LogP contribution is 2.36. The summed E-state index contributed by atoms with van der Waals surface area (Å²) in [4.78, 5) is 24.1. The molecule has 0 aliphatic carbocycles. The number of carbonyl (C=O) groups is 2. The molecule has 0 aliphatic rings. The van der Waals surface area contributed by atoms with Crippen LogP contribution in [-0.2, 0) is 15.2 Å². The van der Waals surface area contributed by atoms with Gasteiger partial charge < -0.3 is 9.84 Å². The molecule has 0 fully saturated rings. The summed E-state index contributed by atoms with van der Waals surface area (Å²) >= 11 is 6.03. The quantitative estimate of drug-likeness (QED) is 0.440. The highest BCUT2D eigenvalue weighted by molar-refractivity contribution is 6.36. The molecule has 0 spiro atoms. The van der Waals surface area contributed by atoms with E-state index in [-0.39, 0.29) is 5.06 Å². The third-order valence-corrected chi connectivity index (χ3v) is 4.11. The van der Waals surface area contributed by atoms with Gasteiger partial charge in [-0.3, -0.25) is 14.8 Å². The van der Waals surface area contributed by atoms with E-state index in [9.17, 15) is 19.9 Å². The van der Waals surface area contributed by atoms with Crippen molar-refractivity contribution in [3.05, 3.63) is 64.7 Å². The first-order chi connectivity index (χ1) is 12.3. The molecule has 0 heterocycles. The monoisotopic (exact) mass is 377 g/mol. The van der Waals surface area contributed by atoms with Crippen LogP contribution in [-0.4, -0.2) is 40.7 Å². The normalized spacial score (nSPS) is 13.0. The van der Waals surface area contributed by atoms with Crippen molar-refractivity contribution in [2.45, 2.75) is 18.9 Å². The number of aliphatic hydroxyl groups is 1. The number of amides is 1. The molecular formula is C19H20ClNO5. The topological polar surface area (TPSA) is 87.1 Å². The van der Waals surface area contributed by atoms with Crippen molar-refractivity contribution < 1.29 is 24.6 Å². The Morgan fingerprint density at radius 3 is 2.35 bits per heavy atom. The SMILES string of the molecule is CCOc1cccc(C(O)(CC(=O)C(=O)N(C)O)c2cccc(Cl)c2)c1. The number of nitrogens with zero attached hydrogens (tertiary/aromatic N) is 1. The number of carbonyl (C=O) groups excluding carboxylic acids is 2. The number of rotatable bonds is 7. The van der Waals surface area contributed by atoms with Crippen LogP contribution in [0.4, 0.5) is 0 Å². The Labute approximate surface area is 156 Å². The van der Waals surface area contributed by atoms with E-state index in [0.29, 0.717) is 28.5 Å². The fraction of sp³-hybridized carbons (Fsp3) is 0.263. The number of hydroxylamine groups is 2. The van der Waals surface area contributed by atoms with Crippen molar-refractivity contribution in [2.75, 3.05) is 13.7 Å². The van der Waals surface area contributed by atoms with Gasteiger partial charge >= 0.3 is 5.91 Å². The standard InChI is InChI=1S/C19H20ClNO5/c1-3-26-16-9-5-7-14(11-16)19(24,12-17(22)18(23)21(2)25)13-6-4-8-15(20)10-13/h4-11,24-25H,3,12H2,1-2H3. The number of hydrogen-bond donors (Lipinski definition) is 2. The molecule has 0 bridgehead atoms. The second kappa shape index (κ2) is 8.31. The lowest BCUT2D eigenvalue weighted by Gasteiger charge is -2.29. The highest BCUT2D eigenvalue weighted by Gasteiger charge is 2.37. The maximum absolute atomic E-state index is 12.3. The molecule has 0 aromatic heterocycles. The van der Waals surface area contributed by atoms with E-state index in [2.05, 4.69) is 0 Å². The smallest absolute Gasteiger partial charge is 0.313 e. The molecule has 2 N–H and O–H groups in total. The minimum atomic E-state index is -1.82. The van der Waals surface area contributed by atoms with E-state index in [4.69, 9.17) is 16.3 Å². The van der Waals surface area contributed by atoms with Crippen molar-refractivity contribution >= 4 is 23.3 Å². The fourth-order valence-electron chi connectivity index (χ4n) is 2.61. The molecule has 2 rings (SSSR count). The van der Waals surface area contributed by atoms with Gasteiger partial charge in [-0.25, -0.2) is 5.06 Å². The van der Waals surface area contributed by atoms with Gasteiger partial charge in [-0.05, 0) is 42.3 Å². The van der Waals surface area contributed by atoms with Crippen molar-refractivity contribution in [1.82, 2.24) is 5.06 Å². The van der Waals surface area contributed by atoms with Gasteiger partial charge in [-0.2, -0.15) is 0 Å². The molecule has 1 atom stereocenters. The Balaban J connectivity index is 2.53. The predicted molar refractivity (Wildman–Crippen MR) is 96.2 cm³/mol. The van der Waals surface area contributed by atoms with Gasteiger partial charge in [0.05, 0.1) is 13.0 Å². The van der Waals surface area contributed by atoms with E-state index >= 15 is 0 Å². The van der Waals surface area contributed by atoms with Crippen LogP contribution < -0.4 is 4.74 Å². The van der Waals surface area contributed by atoms with Crippen molar-refractivity contribution in [2.24, 2.45) is 0 Å². The number of Topliss-reactive ketones (excluding diaryl/α,β-unsaturated/α-hetero) is 1. The largest absolute Gasteiger partial charge is 0.494 e. The van der Waals surface area contributed by atoms with E-state index in [0.717, 1.165) is 7.05 Å². The molecule has 26 heavy (non-hydrogen) atoms. The Hall–Kier alpha value is -2.41. The third-order valence-electron chi connectivity index (χ3n) is 3.87. The van der Waals surface area contributed by atoms with Gasteiger partial charge in [0.1, 0.15) is 11.4 Å². The molecule has 1 unspecified atom stereocenters. The summed E-state index contributed by atoms with van der Waals surface area (Å²) in [5, 5.41) is 21.2. The summed E-state index contributed by atoms with van der Waals surface area (Å²) < 4.78 is 5.45. The van der Waals surface area contributed by atoms with Gasteiger partial charge in [0.25, 0.3) is 0 Å². The lowest BCUT2D eigenvalue weighted by Crippen LogP contribution is -2.37. The summed E-state index contributed by atoms with van der Waals surface area (Å²) in [5.74, 6) is -1.55. The number of halogens is 1. The predicted octanol–water partition coefficient (Wildman–Crippen LogP) is 2.78. The molecule has 0 saturated heterocycles. The number of ketones is 1. The first-order valence-electron chi connectivity index (χ1n) is 7.99. The van der Waals surface area contributed by atoms with Crippen molar-refractivity contribution in [3.8, 4) is 5.75 Å². The average Bonchev–Trinajstić information content (AvgIpc) is 2.61. The molecule has 0 radical (unpaired) electrons. The van der Waals surface area contributed by atoms with Crippen LogP contribution in [0.1, 0.15) is 24.5 Å². The van der Waals surface area contributed by atoms with Crippen LogP contribution in [0, 0.1) is 0 Å². The van der Waals surface area contributed by atoms with Crippen LogP contribution in [0.5, 0.6) is 5.75 Å². The Kier molecular flexibility index (Phi) is 6.37. The van der Waals surface area contributed by atoms with Gasteiger partial charge in [0, 0.05) is 12.1 Å². The molecule has 1 amide bonds. The summed E-state index contributed by atoms with van der Waals surface area (Å²) in [7, 11) is 1.05. The molecular weight excluding hydrogens is 358 g/mol. The number of benzene rings is 2. The average molecular weight is 378 g/mol. The van der Waals surface area contributed by atoms with Gasteiger partial charge in [0.15, 0.2) is 0 Å². The minimum absolute atomic E-state index is 0.192. The fourth-order valence-corrected chi connectivity index (χ4v) is 2.81. The molecule has 2 aromatic carbocycles. The zero-order chi connectivity index (χ0) is 19.3. The van der Waals surface area contributed by atoms with Crippen molar-refractivity contribution in [3.63, 3.8) is 0 Å². The summed E-state index contributed by atoms with van der Waals surface area (Å²) in [5.41, 5.74) is -1.10. The van der Waals surface area contributed by atoms with Gasteiger partial charge in [-0.1, -0.05) is 35.9 Å². The minimum Gasteiger partial charge on any atom is -0.494 e. The number of likely N-dealkylation sites (N-methyl/N-ethyl adjacent to an activating group) is 1. The Morgan fingerprint density at radius 1 is 1.15 bits per heavy atom. The zero-order valence-electron chi connectivity index (χ0n) is 14.5. The van der Waals surface area contributed by atoms with Crippen molar-refractivity contribution in [1.29, 1.82) is 0 Å². The summed E-state index contributed by atoms with van der Waals surface area (Å²) in [6.45, 7) is 2.26. The van der Waals surface area contributed by atoms with Crippen LogP contribution >= 0.6 is 11.6 Å². The van der Waals surface area contributed by atoms with Crippen LogP contribution in [0.15, 0.2) is 48.5 Å². The number of hydrogen-bond acceptors (Lipinski definition) is 5. The molecule has 0 saturated carbocycles. The van der Waals surface area contributed by atoms with E-state index in [1.54, 1.807) is 42.5 Å². The highest BCUT2D eigenvalue weighted by atomic mass is 35.5. The molecule has 6 nitrogen and oxygen atoms in total. The van der Waals surface area contributed by atoms with E-state index in [1.807, 2.05) is 6.92 Å². The van der Waals surface area contributed by atoms with E-state index < -0.39 is 23.7 Å². The lowest BCUT2D eigenvalue weighted by atomic mass is 9.82. The Bertz CT molecular complexity index is 808. The van der Waals surface area contributed by atoms with Crippen LogP contribution in [0.3, 0.4) is 0 Å². The first-order valence-corrected chi connectivity index (χ1v) is 8.37. The maximum Gasteiger partial charge on any atom is 0.313 e. The second-order valence-corrected chi connectivity index (χ2v) is 6.20. The lowest BCUT2D eigenvalue weighted by molar-refractivity contribution is -0.166. The third kappa shape index (κ3) is 4.40. The Morgan fingerprint density at radius 2 is 1.77 bits per heavy atom. The molecule has 7 heteroatoms. The molecule has 138 valence electrons. The number of ether oxygens (including phenoxy) is 1. The maximum atomic E-state index is 12.3. The van der Waals surface area contributed by atoms with Gasteiger partial charge in [0.2, 0.25) is 5.78 Å². The van der Waals surface area contributed by atoms with Gasteiger partial charge in [-0.15, -0.1) is 0 Å². The second-order valence-electron chi connectivity index (χ2n) is 5.76.